The minimum absolute atomic E-state index is 0.00495. The van der Waals surface area contributed by atoms with Gasteiger partial charge in [0.05, 0.1) is 12.1 Å². The van der Waals surface area contributed by atoms with E-state index in [9.17, 15) is 29.4 Å². The summed E-state index contributed by atoms with van der Waals surface area (Å²) in [5.41, 5.74) is 10.3. The van der Waals surface area contributed by atoms with E-state index >= 15 is 0 Å². The number of para-hydroxylation sites is 2. The molecule has 3 amide bonds. The number of aromatic nitrogens is 2. The van der Waals surface area contributed by atoms with Gasteiger partial charge in [-0.25, -0.2) is 4.79 Å². The van der Waals surface area contributed by atoms with Gasteiger partial charge in [-0.15, -0.1) is 0 Å². The van der Waals surface area contributed by atoms with Crippen LogP contribution < -0.4 is 21.7 Å². The van der Waals surface area contributed by atoms with Gasteiger partial charge in [0, 0.05) is 47.0 Å². The molecule has 244 valence electrons. The Morgan fingerprint density at radius 1 is 0.681 bits per heavy atom. The molecule has 0 saturated carbocycles. The molecule has 2 heterocycles. The predicted molar refractivity (Wildman–Crippen MR) is 177 cm³/mol. The average molecular weight is 639 g/mol. The van der Waals surface area contributed by atoms with Crippen molar-refractivity contribution in [3.63, 3.8) is 0 Å². The van der Waals surface area contributed by atoms with Gasteiger partial charge in [0.1, 0.15) is 12.1 Å². The van der Waals surface area contributed by atoms with Crippen molar-refractivity contribution < 1.29 is 29.4 Å². The molecule has 0 radical (unpaired) electrons. The molecule has 0 aliphatic carbocycles. The number of benzene rings is 3. The van der Waals surface area contributed by atoms with Crippen molar-refractivity contribution in [2.24, 2.45) is 5.73 Å². The zero-order valence-electron chi connectivity index (χ0n) is 25.8. The van der Waals surface area contributed by atoms with Gasteiger partial charge in [0.2, 0.25) is 17.7 Å². The summed E-state index contributed by atoms with van der Waals surface area (Å²) in [6.45, 7) is 1.25. The van der Waals surface area contributed by atoms with Crippen LogP contribution in [0.25, 0.3) is 21.8 Å². The molecule has 47 heavy (non-hydrogen) atoms. The Morgan fingerprint density at radius 2 is 1.15 bits per heavy atom. The number of rotatable bonds is 14. The third-order valence-corrected chi connectivity index (χ3v) is 8.15. The molecule has 5 rings (SSSR count). The molecule has 0 spiro atoms. The van der Waals surface area contributed by atoms with Crippen LogP contribution >= 0.6 is 0 Å². The van der Waals surface area contributed by atoms with Crippen LogP contribution in [0, 0.1) is 0 Å². The molecule has 0 fully saturated rings. The largest absolute Gasteiger partial charge is 0.480 e. The number of nitrogens with two attached hydrogens (primary N) is 1. The first-order valence-electron chi connectivity index (χ1n) is 15.3. The van der Waals surface area contributed by atoms with Gasteiger partial charge in [-0.3, -0.25) is 14.4 Å². The summed E-state index contributed by atoms with van der Waals surface area (Å²) in [5.74, 6) is -3.46. The number of aliphatic hydroxyl groups excluding tert-OH is 1. The van der Waals surface area contributed by atoms with E-state index in [1.165, 1.54) is 6.92 Å². The lowest BCUT2D eigenvalue weighted by Crippen LogP contribution is -2.59. The van der Waals surface area contributed by atoms with E-state index in [4.69, 9.17) is 5.73 Å². The van der Waals surface area contributed by atoms with Crippen molar-refractivity contribution in [1.29, 1.82) is 0 Å². The summed E-state index contributed by atoms with van der Waals surface area (Å²) in [5, 5.41) is 29.2. The number of aliphatic carboxylic acids is 1. The molecule has 0 saturated heterocycles. The van der Waals surface area contributed by atoms with E-state index in [2.05, 4.69) is 25.9 Å². The number of hydrogen-bond donors (Lipinski definition) is 8. The quantitative estimate of drug-likeness (QED) is 0.0907. The number of carbonyl (C=O) groups is 4. The van der Waals surface area contributed by atoms with Crippen molar-refractivity contribution in [3.05, 3.63) is 108 Å². The molecular formula is C35H38N6O6. The van der Waals surface area contributed by atoms with E-state index in [1.807, 2.05) is 78.9 Å². The normalized spacial score (nSPS) is 14.5. The van der Waals surface area contributed by atoms with Crippen LogP contribution in [0.2, 0.25) is 0 Å². The summed E-state index contributed by atoms with van der Waals surface area (Å²) >= 11 is 0. The van der Waals surface area contributed by atoms with Crippen LogP contribution in [0.15, 0.2) is 91.3 Å². The Morgan fingerprint density at radius 3 is 1.66 bits per heavy atom. The van der Waals surface area contributed by atoms with Gasteiger partial charge in [0.15, 0.2) is 6.04 Å². The Kier molecular flexibility index (Phi) is 10.3. The van der Waals surface area contributed by atoms with Crippen LogP contribution in [0.1, 0.15) is 23.6 Å². The lowest BCUT2D eigenvalue weighted by molar-refractivity contribution is -0.145. The summed E-state index contributed by atoms with van der Waals surface area (Å²) in [4.78, 5) is 59.1. The third-order valence-electron chi connectivity index (χ3n) is 8.15. The maximum atomic E-state index is 14.1. The van der Waals surface area contributed by atoms with Crippen molar-refractivity contribution in [3.8, 4) is 0 Å². The fourth-order valence-electron chi connectivity index (χ4n) is 5.61. The second-order valence-corrected chi connectivity index (χ2v) is 11.6. The number of nitrogens with one attached hydrogen (secondary N) is 5. The summed E-state index contributed by atoms with van der Waals surface area (Å²) in [6, 6.07) is 19.3. The lowest BCUT2D eigenvalue weighted by Gasteiger charge is -2.26. The Bertz CT molecular complexity index is 1870. The lowest BCUT2D eigenvalue weighted by atomic mass is 10.0. The number of aromatic amines is 2. The number of fused-ring (bicyclic) bond motifs is 2. The molecule has 0 aliphatic heterocycles. The Hall–Kier alpha value is -5.46. The van der Waals surface area contributed by atoms with Gasteiger partial charge in [-0.2, -0.15) is 0 Å². The zero-order chi connectivity index (χ0) is 33.5. The van der Waals surface area contributed by atoms with Crippen LogP contribution in [-0.4, -0.2) is 74.1 Å². The van der Waals surface area contributed by atoms with E-state index in [-0.39, 0.29) is 19.3 Å². The number of amides is 3. The Labute approximate surface area is 270 Å². The van der Waals surface area contributed by atoms with E-state index in [0.29, 0.717) is 5.56 Å². The van der Waals surface area contributed by atoms with E-state index < -0.39 is 54.0 Å². The number of aliphatic hydroxyl groups is 1. The Balaban J connectivity index is 1.43. The second kappa shape index (κ2) is 14.8. The highest BCUT2D eigenvalue weighted by Gasteiger charge is 2.33. The van der Waals surface area contributed by atoms with Gasteiger partial charge < -0.3 is 41.9 Å². The molecule has 2 aromatic heterocycles. The highest BCUT2D eigenvalue weighted by molar-refractivity contribution is 5.95. The number of H-pyrrole nitrogens is 2. The monoisotopic (exact) mass is 638 g/mol. The maximum Gasteiger partial charge on any atom is 0.328 e. The van der Waals surface area contributed by atoms with Crippen molar-refractivity contribution in [1.82, 2.24) is 25.9 Å². The van der Waals surface area contributed by atoms with Crippen molar-refractivity contribution in [2.45, 2.75) is 56.5 Å². The van der Waals surface area contributed by atoms with E-state index in [1.54, 1.807) is 12.4 Å². The first-order chi connectivity index (χ1) is 22.6. The molecule has 5 atom stereocenters. The summed E-state index contributed by atoms with van der Waals surface area (Å²) in [7, 11) is 0. The predicted octanol–water partition coefficient (Wildman–Crippen LogP) is 1.92. The van der Waals surface area contributed by atoms with Crippen LogP contribution in [-0.2, 0) is 38.4 Å². The van der Waals surface area contributed by atoms with Crippen LogP contribution in [0.5, 0.6) is 0 Å². The van der Waals surface area contributed by atoms with Crippen LogP contribution in [0.4, 0.5) is 0 Å². The summed E-state index contributed by atoms with van der Waals surface area (Å²) < 4.78 is 0. The zero-order valence-corrected chi connectivity index (χ0v) is 25.8. The minimum Gasteiger partial charge on any atom is -0.480 e. The molecule has 9 N–H and O–H groups in total. The minimum atomic E-state index is -1.61. The first-order valence-corrected chi connectivity index (χ1v) is 15.3. The molecule has 5 aromatic rings. The highest BCUT2D eigenvalue weighted by Crippen LogP contribution is 2.21. The van der Waals surface area contributed by atoms with Crippen molar-refractivity contribution >= 4 is 45.5 Å². The molecule has 5 unspecified atom stereocenters. The van der Waals surface area contributed by atoms with E-state index in [0.717, 1.165) is 32.9 Å². The maximum absolute atomic E-state index is 14.1. The van der Waals surface area contributed by atoms with Crippen molar-refractivity contribution in [2.75, 3.05) is 0 Å². The number of hydrogen-bond acceptors (Lipinski definition) is 6. The molecule has 0 aliphatic rings. The third kappa shape index (κ3) is 8.04. The van der Waals surface area contributed by atoms with Gasteiger partial charge in [-0.05, 0) is 42.2 Å². The number of carboxylic acid groups (broad SMARTS) is 1. The number of carboxylic acids is 1. The van der Waals surface area contributed by atoms with Gasteiger partial charge in [-0.1, -0.05) is 66.7 Å². The molecule has 12 heteroatoms. The first kappa shape index (κ1) is 32.9. The fourth-order valence-corrected chi connectivity index (χ4v) is 5.61. The molecule has 3 aromatic carbocycles. The molecule has 12 nitrogen and oxygen atoms in total. The number of carbonyl (C=O) groups excluding carboxylic acids is 3. The molecule has 0 bridgehead atoms. The topological polar surface area (TPSA) is 202 Å². The van der Waals surface area contributed by atoms with Gasteiger partial charge >= 0.3 is 5.97 Å². The smallest absolute Gasteiger partial charge is 0.328 e. The standard InChI is InChI=1S/C35H38N6O6/c1-20(42)31(35(46)47)41-34(45)30(17-23-19-38-28-14-8-6-12-25(23)28)40-33(44)29(16-22-18-37-27-13-7-5-11-24(22)27)39-32(43)26(36)15-21-9-3-2-4-10-21/h2-14,18-20,26,29-31,37-38,42H,15-17,36H2,1H3,(H,39,43)(H,40,44)(H,41,45)(H,46,47). The average Bonchev–Trinajstić information content (AvgIpc) is 3.67. The fraction of sp³-hybridized carbons (Fsp3) is 0.257. The second-order valence-electron chi connectivity index (χ2n) is 11.6. The molecular weight excluding hydrogens is 600 g/mol. The summed E-state index contributed by atoms with van der Waals surface area (Å²) in [6.07, 6.45) is 2.39. The van der Waals surface area contributed by atoms with Crippen LogP contribution in [0.3, 0.4) is 0 Å². The SMILES string of the molecule is CC(O)C(NC(=O)C(Cc1c[nH]c2ccccc12)NC(=O)C(Cc1c[nH]c2ccccc12)NC(=O)C(N)Cc1ccccc1)C(=O)O. The van der Waals surface area contributed by atoms with Gasteiger partial charge in [0.25, 0.3) is 0 Å². The highest BCUT2D eigenvalue weighted by atomic mass is 16.4.